The lowest BCUT2D eigenvalue weighted by molar-refractivity contribution is -0.147. The molecule has 0 bridgehead atoms. The molecule has 4 rings (SSSR count). The topological polar surface area (TPSA) is 65.0 Å². The molecule has 162 valence electrons. The molecule has 0 aliphatic rings. The minimum Gasteiger partial charge on any atom is -0.488 e. The SMILES string of the molecule is C=C(C)C(=O)OC(CO)COc1c2ccccc2cc2ccc(Oc3ccccc3)cc12. The number of carbonyl (C=O) groups is 1. The molecule has 4 aromatic carbocycles. The van der Waals surface area contributed by atoms with Crippen LogP contribution in [-0.2, 0) is 9.53 Å². The maximum atomic E-state index is 11.9. The number of hydrogen-bond donors (Lipinski definition) is 1. The van der Waals surface area contributed by atoms with Crippen LogP contribution in [0.4, 0.5) is 0 Å². The molecule has 0 radical (unpaired) electrons. The highest BCUT2D eigenvalue weighted by atomic mass is 16.6. The quantitative estimate of drug-likeness (QED) is 0.223. The summed E-state index contributed by atoms with van der Waals surface area (Å²) in [5.41, 5.74) is 0.266. The van der Waals surface area contributed by atoms with E-state index in [0.717, 1.165) is 27.3 Å². The van der Waals surface area contributed by atoms with Gasteiger partial charge in [0.25, 0.3) is 0 Å². The Morgan fingerprint density at radius 3 is 2.38 bits per heavy atom. The summed E-state index contributed by atoms with van der Waals surface area (Å²) < 4.78 is 17.4. The third-order valence-corrected chi connectivity index (χ3v) is 5.00. The number of rotatable bonds is 8. The van der Waals surface area contributed by atoms with Gasteiger partial charge in [0, 0.05) is 16.3 Å². The van der Waals surface area contributed by atoms with Crippen molar-refractivity contribution in [2.24, 2.45) is 0 Å². The van der Waals surface area contributed by atoms with E-state index in [-0.39, 0.29) is 18.8 Å². The van der Waals surface area contributed by atoms with Crippen LogP contribution in [0.5, 0.6) is 17.2 Å². The van der Waals surface area contributed by atoms with Crippen molar-refractivity contribution in [1.29, 1.82) is 0 Å². The van der Waals surface area contributed by atoms with Crippen LogP contribution >= 0.6 is 0 Å². The van der Waals surface area contributed by atoms with E-state index < -0.39 is 12.1 Å². The number of para-hydroxylation sites is 1. The third-order valence-electron chi connectivity index (χ3n) is 5.00. The first kappa shape index (κ1) is 21.4. The largest absolute Gasteiger partial charge is 0.488 e. The molecule has 0 saturated carbocycles. The van der Waals surface area contributed by atoms with Gasteiger partial charge in [0.1, 0.15) is 23.9 Å². The molecule has 1 unspecified atom stereocenters. The molecule has 1 N–H and O–H groups in total. The minimum atomic E-state index is -0.808. The predicted octanol–water partition coefficient (Wildman–Crippen LogP) is 5.64. The number of benzene rings is 4. The van der Waals surface area contributed by atoms with Gasteiger partial charge in [-0.15, -0.1) is 0 Å². The van der Waals surface area contributed by atoms with E-state index in [2.05, 4.69) is 12.6 Å². The van der Waals surface area contributed by atoms with Gasteiger partial charge in [-0.3, -0.25) is 0 Å². The highest BCUT2D eigenvalue weighted by molar-refractivity contribution is 6.05. The Kier molecular flexibility index (Phi) is 6.38. The van der Waals surface area contributed by atoms with Crippen molar-refractivity contribution in [3.63, 3.8) is 0 Å². The Morgan fingerprint density at radius 1 is 0.906 bits per heavy atom. The summed E-state index contributed by atoms with van der Waals surface area (Å²) in [6.07, 6.45) is -0.808. The standard InChI is InChI=1S/C27H24O5/c1-18(2)27(29)32-23(16-28)17-30-26-24-11-7-6-8-19(24)14-20-12-13-22(15-25(20)26)31-21-9-4-3-5-10-21/h3-15,23,28H,1,16-17H2,2H3. The second kappa shape index (κ2) is 9.54. The van der Waals surface area contributed by atoms with Gasteiger partial charge in [0.2, 0.25) is 0 Å². The van der Waals surface area contributed by atoms with E-state index in [9.17, 15) is 9.90 Å². The van der Waals surface area contributed by atoms with Crippen LogP contribution in [0.2, 0.25) is 0 Å². The van der Waals surface area contributed by atoms with Crippen molar-refractivity contribution in [2.45, 2.75) is 13.0 Å². The molecular formula is C27H24O5. The molecule has 5 heteroatoms. The molecule has 0 aromatic heterocycles. The Morgan fingerprint density at radius 2 is 1.62 bits per heavy atom. The zero-order valence-corrected chi connectivity index (χ0v) is 17.8. The Bertz CT molecular complexity index is 1260. The normalized spacial score (nSPS) is 11.8. The summed E-state index contributed by atoms with van der Waals surface area (Å²) in [5.74, 6) is 1.49. The smallest absolute Gasteiger partial charge is 0.333 e. The number of hydrogen-bond acceptors (Lipinski definition) is 5. The molecule has 0 fully saturated rings. The first-order valence-corrected chi connectivity index (χ1v) is 10.3. The van der Waals surface area contributed by atoms with Crippen molar-refractivity contribution in [1.82, 2.24) is 0 Å². The summed E-state index contributed by atoms with van der Waals surface area (Å²) in [4.78, 5) is 11.9. The van der Waals surface area contributed by atoms with Crippen LogP contribution in [0.3, 0.4) is 0 Å². The minimum absolute atomic E-state index is 0.00238. The number of aliphatic hydroxyl groups excluding tert-OH is 1. The third kappa shape index (κ3) is 4.74. The van der Waals surface area contributed by atoms with Crippen molar-refractivity contribution < 1.29 is 24.1 Å². The summed E-state index contributed by atoms with van der Waals surface area (Å²) in [6.45, 7) is 4.78. The maximum Gasteiger partial charge on any atom is 0.333 e. The van der Waals surface area contributed by atoms with E-state index in [1.165, 1.54) is 0 Å². The van der Waals surface area contributed by atoms with E-state index in [4.69, 9.17) is 14.2 Å². The Hall–Kier alpha value is -3.83. The number of esters is 1. The lowest BCUT2D eigenvalue weighted by atomic mass is 10.0. The van der Waals surface area contributed by atoms with E-state index >= 15 is 0 Å². The molecule has 0 heterocycles. The van der Waals surface area contributed by atoms with Crippen LogP contribution in [0.1, 0.15) is 6.92 Å². The Balaban J connectivity index is 1.71. The monoisotopic (exact) mass is 428 g/mol. The fourth-order valence-electron chi connectivity index (χ4n) is 3.40. The molecule has 0 aliphatic heterocycles. The molecule has 4 aromatic rings. The highest BCUT2D eigenvalue weighted by Gasteiger charge is 2.17. The average molecular weight is 428 g/mol. The van der Waals surface area contributed by atoms with Gasteiger partial charge < -0.3 is 19.3 Å². The first-order chi connectivity index (χ1) is 15.5. The lowest BCUT2D eigenvalue weighted by Gasteiger charge is -2.19. The summed E-state index contributed by atoms with van der Waals surface area (Å²) in [7, 11) is 0. The lowest BCUT2D eigenvalue weighted by Crippen LogP contribution is -2.28. The number of aliphatic hydroxyl groups is 1. The Labute approximate surface area is 186 Å². The van der Waals surface area contributed by atoms with Crippen LogP contribution in [-0.4, -0.2) is 30.4 Å². The summed E-state index contributed by atoms with van der Waals surface area (Å²) in [6, 6.07) is 25.4. The molecule has 0 saturated heterocycles. The molecule has 5 nitrogen and oxygen atoms in total. The second-order valence-electron chi connectivity index (χ2n) is 7.53. The molecular weight excluding hydrogens is 404 g/mol. The average Bonchev–Trinajstić information content (AvgIpc) is 2.81. The number of fused-ring (bicyclic) bond motifs is 2. The maximum absolute atomic E-state index is 11.9. The molecule has 0 spiro atoms. The van der Waals surface area contributed by atoms with Crippen LogP contribution in [0.15, 0.2) is 91.0 Å². The van der Waals surface area contributed by atoms with Crippen LogP contribution in [0.25, 0.3) is 21.5 Å². The fourth-order valence-corrected chi connectivity index (χ4v) is 3.40. The van der Waals surface area contributed by atoms with Gasteiger partial charge in [-0.05, 0) is 48.0 Å². The van der Waals surface area contributed by atoms with E-state index in [1.807, 2.05) is 72.8 Å². The van der Waals surface area contributed by atoms with Crippen molar-refractivity contribution in [2.75, 3.05) is 13.2 Å². The van der Waals surface area contributed by atoms with Crippen molar-refractivity contribution in [3.8, 4) is 17.2 Å². The van der Waals surface area contributed by atoms with Crippen molar-refractivity contribution in [3.05, 3.63) is 91.0 Å². The zero-order valence-electron chi connectivity index (χ0n) is 17.8. The second-order valence-corrected chi connectivity index (χ2v) is 7.53. The van der Waals surface area contributed by atoms with Crippen LogP contribution in [0, 0.1) is 0 Å². The van der Waals surface area contributed by atoms with Gasteiger partial charge in [0.05, 0.1) is 6.61 Å². The van der Waals surface area contributed by atoms with Gasteiger partial charge in [-0.25, -0.2) is 4.79 Å². The molecule has 0 aliphatic carbocycles. The van der Waals surface area contributed by atoms with Gasteiger partial charge in [-0.2, -0.15) is 0 Å². The zero-order chi connectivity index (χ0) is 22.5. The van der Waals surface area contributed by atoms with E-state index in [1.54, 1.807) is 6.92 Å². The predicted molar refractivity (Wildman–Crippen MR) is 125 cm³/mol. The summed E-state index contributed by atoms with van der Waals surface area (Å²) in [5, 5.41) is 13.4. The van der Waals surface area contributed by atoms with Gasteiger partial charge in [-0.1, -0.05) is 55.1 Å². The van der Waals surface area contributed by atoms with Gasteiger partial charge in [0.15, 0.2) is 6.10 Å². The van der Waals surface area contributed by atoms with Gasteiger partial charge >= 0.3 is 5.97 Å². The molecule has 1 atom stereocenters. The fraction of sp³-hybridized carbons (Fsp3) is 0.148. The molecule has 0 amide bonds. The van der Waals surface area contributed by atoms with Crippen molar-refractivity contribution >= 4 is 27.5 Å². The number of carbonyl (C=O) groups excluding carboxylic acids is 1. The summed E-state index contributed by atoms with van der Waals surface area (Å²) >= 11 is 0. The van der Waals surface area contributed by atoms with E-state index in [0.29, 0.717) is 11.5 Å². The highest BCUT2D eigenvalue weighted by Crippen LogP contribution is 2.37. The number of ether oxygens (including phenoxy) is 3. The van der Waals surface area contributed by atoms with Crippen LogP contribution < -0.4 is 9.47 Å². The molecule has 32 heavy (non-hydrogen) atoms. The first-order valence-electron chi connectivity index (χ1n) is 10.3.